The predicted molar refractivity (Wildman–Crippen MR) is 97.7 cm³/mol. The van der Waals surface area contributed by atoms with E-state index in [1.165, 1.54) is 12.0 Å². The van der Waals surface area contributed by atoms with Crippen molar-refractivity contribution in [3.63, 3.8) is 0 Å². The van der Waals surface area contributed by atoms with Gasteiger partial charge in [0, 0.05) is 45.3 Å². The van der Waals surface area contributed by atoms with Crippen LogP contribution in [-0.4, -0.2) is 66.6 Å². The second-order valence-electron chi connectivity index (χ2n) is 7.77. The number of nitrogens with zero attached hydrogens (tertiary/aromatic N) is 3. The van der Waals surface area contributed by atoms with E-state index in [1.54, 1.807) is 7.11 Å². The summed E-state index contributed by atoms with van der Waals surface area (Å²) in [5.41, 5.74) is 1.32. The molecule has 0 unspecified atom stereocenters. The number of ether oxygens (including phenoxy) is 1. The van der Waals surface area contributed by atoms with Gasteiger partial charge in [-0.1, -0.05) is 12.1 Å². The van der Waals surface area contributed by atoms with Gasteiger partial charge in [0.1, 0.15) is 5.75 Å². The molecule has 4 aliphatic rings. The van der Waals surface area contributed by atoms with Crippen LogP contribution in [0.5, 0.6) is 5.75 Å². The number of likely N-dealkylation sites (tertiary alicyclic amines) is 1. The molecule has 25 heavy (non-hydrogen) atoms. The molecule has 2 atom stereocenters. The van der Waals surface area contributed by atoms with Gasteiger partial charge in [-0.3, -0.25) is 4.90 Å². The van der Waals surface area contributed by atoms with E-state index in [4.69, 9.17) is 4.74 Å². The topological polar surface area (TPSA) is 36.0 Å². The quantitative estimate of drug-likeness (QED) is 0.847. The Balaban J connectivity index is 1.42. The van der Waals surface area contributed by atoms with Crippen molar-refractivity contribution in [1.82, 2.24) is 14.7 Å². The lowest BCUT2D eigenvalue weighted by Gasteiger charge is -2.38. The maximum absolute atomic E-state index is 12.9. The Kier molecular flexibility index (Phi) is 4.84. The predicted octanol–water partition coefficient (Wildman–Crippen LogP) is 2.81. The molecule has 2 amide bonds. The van der Waals surface area contributed by atoms with Crippen LogP contribution < -0.4 is 4.74 Å². The lowest BCUT2D eigenvalue weighted by molar-refractivity contribution is 0.114. The smallest absolute Gasteiger partial charge is 0.320 e. The maximum Gasteiger partial charge on any atom is 0.320 e. The first-order chi connectivity index (χ1) is 12.2. The van der Waals surface area contributed by atoms with Crippen LogP contribution in [0.2, 0.25) is 0 Å². The normalized spacial score (nSPS) is 26.8. The van der Waals surface area contributed by atoms with Crippen molar-refractivity contribution >= 4 is 6.03 Å². The molecule has 0 aliphatic carbocycles. The van der Waals surface area contributed by atoms with Crippen LogP contribution in [0, 0.1) is 5.92 Å². The van der Waals surface area contributed by atoms with Crippen LogP contribution in [0.3, 0.4) is 0 Å². The number of carbonyl (C=O) groups excluding carboxylic acids is 1. The molecule has 4 saturated heterocycles. The molecule has 0 saturated carbocycles. The number of methoxy groups -OCH3 is 1. The minimum atomic E-state index is 0.290. The fourth-order valence-electron chi connectivity index (χ4n) is 4.62. The van der Waals surface area contributed by atoms with Crippen LogP contribution in [-0.2, 0) is 6.54 Å². The fraction of sp³-hybridized carbons (Fsp3) is 0.650. The Labute approximate surface area is 150 Å². The lowest BCUT2D eigenvalue weighted by Crippen LogP contribution is -2.52. The number of fused-ring (bicyclic) bond motifs is 4. The zero-order chi connectivity index (χ0) is 17.2. The number of urea groups is 1. The Morgan fingerprint density at radius 3 is 2.56 bits per heavy atom. The molecule has 4 heterocycles. The van der Waals surface area contributed by atoms with E-state index in [0.717, 1.165) is 64.3 Å². The maximum atomic E-state index is 12.9. The summed E-state index contributed by atoms with van der Waals surface area (Å²) < 4.78 is 5.25. The van der Waals surface area contributed by atoms with E-state index in [2.05, 4.69) is 26.8 Å². The molecule has 5 nitrogen and oxygen atoms in total. The van der Waals surface area contributed by atoms with E-state index in [0.29, 0.717) is 18.0 Å². The molecule has 136 valence electrons. The van der Waals surface area contributed by atoms with Crippen molar-refractivity contribution in [2.24, 2.45) is 5.92 Å². The number of rotatable bonds is 3. The third-order valence-corrected chi connectivity index (χ3v) is 5.98. The molecular weight excluding hydrogens is 314 g/mol. The van der Waals surface area contributed by atoms with Crippen LogP contribution in [0.1, 0.15) is 31.2 Å². The summed E-state index contributed by atoms with van der Waals surface area (Å²) in [5.74, 6) is 1.52. The largest absolute Gasteiger partial charge is 0.497 e. The fourth-order valence-corrected chi connectivity index (χ4v) is 4.62. The number of benzene rings is 1. The van der Waals surface area contributed by atoms with E-state index in [-0.39, 0.29) is 0 Å². The summed E-state index contributed by atoms with van der Waals surface area (Å²) in [4.78, 5) is 19.7. The molecule has 0 radical (unpaired) electrons. The third kappa shape index (κ3) is 3.61. The van der Waals surface area contributed by atoms with Gasteiger partial charge in [0.15, 0.2) is 0 Å². The van der Waals surface area contributed by atoms with E-state index >= 15 is 0 Å². The van der Waals surface area contributed by atoms with Crippen molar-refractivity contribution < 1.29 is 9.53 Å². The van der Waals surface area contributed by atoms with Crippen molar-refractivity contribution in [1.29, 1.82) is 0 Å². The lowest BCUT2D eigenvalue weighted by atomic mass is 9.95. The number of hydrogen-bond acceptors (Lipinski definition) is 3. The van der Waals surface area contributed by atoms with E-state index in [9.17, 15) is 4.79 Å². The number of carbonyl (C=O) groups is 1. The molecule has 0 spiro atoms. The zero-order valence-corrected chi connectivity index (χ0v) is 15.2. The number of piperidine rings is 1. The van der Waals surface area contributed by atoms with Crippen LogP contribution in [0.15, 0.2) is 24.3 Å². The SMILES string of the molecule is COc1ccc(CN2C[C@@H]3CC[C@H](C2)N(C(=O)N2CCCC2)C3)cc1. The Hall–Kier alpha value is -1.75. The molecule has 1 aromatic carbocycles. The summed E-state index contributed by atoms with van der Waals surface area (Å²) in [5, 5.41) is 0. The first-order valence-electron chi connectivity index (χ1n) is 9.64. The third-order valence-electron chi connectivity index (χ3n) is 5.98. The highest BCUT2D eigenvalue weighted by Gasteiger charge is 2.38. The minimum Gasteiger partial charge on any atom is -0.497 e. The highest BCUT2D eigenvalue weighted by Crippen LogP contribution is 2.30. The first-order valence-corrected chi connectivity index (χ1v) is 9.64. The van der Waals surface area contributed by atoms with Gasteiger partial charge in [-0.25, -0.2) is 4.79 Å². The number of amides is 2. The Morgan fingerprint density at radius 1 is 1.08 bits per heavy atom. The summed E-state index contributed by atoms with van der Waals surface area (Å²) in [7, 11) is 1.70. The van der Waals surface area contributed by atoms with Gasteiger partial charge >= 0.3 is 6.03 Å². The summed E-state index contributed by atoms with van der Waals surface area (Å²) in [6.07, 6.45) is 4.74. The van der Waals surface area contributed by atoms with E-state index in [1.807, 2.05) is 12.1 Å². The summed E-state index contributed by atoms with van der Waals surface area (Å²) >= 11 is 0. The molecule has 2 bridgehead atoms. The monoisotopic (exact) mass is 343 g/mol. The average Bonchev–Trinajstić information content (AvgIpc) is 3.04. The molecule has 0 aromatic heterocycles. The van der Waals surface area contributed by atoms with Crippen molar-refractivity contribution in [3.05, 3.63) is 29.8 Å². The van der Waals surface area contributed by atoms with E-state index < -0.39 is 0 Å². The van der Waals surface area contributed by atoms with Gasteiger partial charge in [0.05, 0.1) is 7.11 Å². The first kappa shape index (κ1) is 16.7. The standard InChI is InChI=1S/C20H29N3O2/c1-25-19-8-5-16(6-9-19)12-21-13-17-4-7-18(15-21)23(14-17)20(24)22-10-2-3-11-22/h5-6,8-9,17-18H,2-4,7,10-15H2,1H3/t17-,18+/m0/s1. The Bertz CT molecular complexity index is 597. The molecule has 1 aromatic rings. The van der Waals surface area contributed by atoms with Gasteiger partial charge in [-0.15, -0.1) is 0 Å². The summed E-state index contributed by atoms with van der Waals surface area (Å²) in [6.45, 7) is 5.90. The van der Waals surface area contributed by atoms with Gasteiger partial charge < -0.3 is 14.5 Å². The van der Waals surface area contributed by atoms with Crippen LogP contribution >= 0.6 is 0 Å². The van der Waals surface area contributed by atoms with Gasteiger partial charge in [-0.05, 0) is 49.3 Å². The number of hydrogen-bond donors (Lipinski definition) is 0. The highest BCUT2D eigenvalue weighted by molar-refractivity contribution is 5.75. The van der Waals surface area contributed by atoms with Gasteiger partial charge in [0.25, 0.3) is 0 Å². The van der Waals surface area contributed by atoms with Crippen LogP contribution in [0.4, 0.5) is 4.79 Å². The molecule has 5 heteroatoms. The molecule has 0 N–H and O–H groups in total. The van der Waals surface area contributed by atoms with Crippen LogP contribution in [0.25, 0.3) is 0 Å². The average molecular weight is 343 g/mol. The molecular formula is C20H29N3O2. The Morgan fingerprint density at radius 2 is 1.84 bits per heavy atom. The second kappa shape index (κ2) is 7.24. The zero-order valence-electron chi connectivity index (χ0n) is 15.2. The van der Waals surface area contributed by atoms with Crippen molar-refractivity contribution in [2.75, 3.05) is 39.8 Å². The summed E-state index contributed by atoms with van der Waals surface area (Å²) in [6, 6.07) is 9.04. The molecule has 5 rings (SSSR count). The second-order valence-corrected chi connectivity index (χ2v) is 7.77. The minimum absolute atomic E-state index is 0.290. The molecule has 4 aliphatic heterocycles. The van der Waals surface area contributed by atoms with Crippen molar-refractivity contribution in [3.8, 4) is 5.75 Å². The molecule has 4 fully saturated rings. The van der Waals surface area contributed by atoms with Gasteiger partial charge in [-0.2, -0.15) is 0 Å². The van der Waals surface area contributed by atoms with Crippen molar-refractivity contribution in [2.45, 2.75) is 38.3 Å². The van der Waals surface area contributed by atoms with Gasteiger partial charge in [0.2, 0.25) is 0 Å². The highest BCUT2D eigenvalue weighted by atomic mass is 16.5.